The molecule has 0 aliphatic rings. The van der Waals surface area contributed by atoms with Crippen LogP contribution in [0.2, 0.25) is 0 Å². The number of rotatable bonds is 46. The van der Waals surface area contributed by atoms with Crippen LogP contribution in [0.25, 0.3) is 0 Å². The van der Waals surface area contributed by atoms with Gasteiger partial charge in [-0.3, -0.25) is 14.4 Å². The molecule has 0 spiro atoms. The van der Waals surface area contributed by atoms with Gasteiger partial charge in [-0.25, -0.2) is 0 Å². The molecule has 0 heterocycles. The second-order valence-electron chi connectivity index (χ2n) is 18.5. The highest BCUT2D eigenvalue weighted by Crippen LogP contribution is 2.18. The average molecular weight is 821 g/mol. The summed E-state index contributed by atoms with van der Waals surface area (Å²) in [6.07, 6.45) is 45.2. The second-order valence-corrected chi connectivity index (χ2v) is 18.5. The maximum Gasteiger partial charge on any atom is 0.306 e. The highest BCUT2D eigenvalue weighted by molar-refractivity contribution is 5.71. The van der Waals surface area contributed by atoms with Crippen molar-refractivity contribution < 1.29 is 28.6 Å². The summed E-state index contributed by atoms with van der Waals surface area (Å²) in [4.78, 5) is 37.8. The lowest BCUT2D eigenvalue weighted by Crippen LogP contribution is -2.30. The van der Waals surface area contributed by atoms with Crippen LogP contribution < -0.4 is 0 Å². The molecule has 0 fully saturated rings. The third kappa shape index (κ3) is 44.0. The summed E-state index contributed by atoms with van der Waals surface area (Å²) >= 11 is 0. The van der Waals surface area contributed by atoms with E-state index < -0.39 is 6.10 Å². The van der Waals surface area contributed by atoms with Crippen molar-refractivity contribution in [2.75, 3.05) is 13.2 Å². The molecule has 344 valence electrons. The van der Waals surface area contributed by atoms with Crippen LogP contribution in [-0.4, -0.2) is 37.2 Å². The first-order valence-corrected chi connectivity index (χ1v) is 25.8. The third-order valence-electron chi connectivity index (χ3n) is 12.1. The molecule has 0 aromatic carbocycles. The maximum absolute atomic E-state index is 12.7. The zero-order valence-electron chi connectivity index (χ0n) is 39.7. The minimum Gasteiger partial charge on any atom is -0.462 e. The zero-order chi connectivity index (χ0) is 42.6. The summed E-state index contributed by atoms with van der Waals surface area (Å²) in [6, 6.07) is 0. The van der Waals surface area contributed by atoms with Crippen LogP contribution >= 0.6 is 0 Å². The molecular weight excluding hydrogens is 721 g/mol. The Bertz CT molecular complexity index is 887. The zero-order valence-corrected chi connectivity index (χ0v) is 39.7. The Morgan fingerprint density at radius 1 is 0.362 bits per heavy atom. The first-order chi connectivity index (χ1) is 28.3. The molecule has 58 heavy (non-hydrogen) atoms. The lowest BCUT2D eigenvalue weighted by atomic mass is 10.00. The number of hydrogen-bond acceptors (Lipinski definition) is 6. The molecule has 0 aromatic rings. The third-order valence-corrected chi connectivity index (χ3v) is 12.1. The van der Waals surface area contributed by atoms with E-state index in [0.717, 1.165) is 69.6 Å². The number of esters is 3. The number of carbonyl (C=O) groups is 3. The smallest absolute Gasteiger partial charge is 0.306 e. The molecule has 0 bridgehead atoms. The summed E-state index contributed by atoms with van der Waals surface area (Å²) in [5, 5.41) is 0. The second kappa shape index (κ2) is 44.9. The SMILES string of the molecule is CCCCCCCCCCCCCC(=O)OC[C@@H](COC(=O)CCCCCCCCCCCCCCCCCCC(C)C)OC(=O)CCCCCCCCC(C)CC. The van der Waals surface area contributed by atoms with E-state index in [1.165, 1.54) is 173 Å². The van der Waals surface area contributed by atoms with Crippen LogP contribution in [0.3, 0.4) is 0 Å². The van der Waals surface area contributed by atoms with E-state index in [4.69, 9.17) is 14.2 Å². The summed E-state index contributed by atoms with van der Waals surface area (Å²) in [5.74, 6) is 0.810. The van der Waals surface area contributed by atoms with Gasteiger partial charge in [0.15, 0.2) is 6.10 Å². The number of carbonyl (C=O) groups excluding carboxylic acids is 3. The van der Waals surface area contributed by atoms with Gasteiger partial charge in [0.05, 0.1) is 0 Å². The average Bonchev–Trinajstić information content (AvgIpc) is 3.21. The van der Waals surface area contributed by atoms with E-state index >= 15 is 0 Å². The Balaban J connectivity index is 4.22. The Kier molecular flexibility index (Phi) is 43.7. The molecule has 1 unspecified atom stereocenters. The van der Waals surface area contributed by atoms with Crippen molar-refractivity contribution in [3.05, 3.63) is 0 Å². The van der Waals surface area contributed by atoms with Crippen LogP contribution in [0.4, 0.5) is 0 Å². The minimum absolute atomic E-state index is 0.0646. The first-order valence-electron chi connectivity index (χ1n) is 25.8. The van der Waals surface area contributed by atoms with Crippen molar-refractivity contribution in [3.63, 3.8) is 0 Å². The van der Waals surface area contributed by atoms with Crippen LogP contribution in [0.15, 0.2) is 0 Å². The van der Waals surface area contributed by atoms with E-state index in [9.17, 15) is 14.4 Å². The molecule has 0 saturated heterocycles. The van der Waals surface area contributed by atoms with Crippen LogP contribution in [-0.2, 0) is 28.6 Å². The van der Waals surface area contributed by atoms with Crippen LogP contribution in [0.1, 0.15) is 285 Å². The molecule has 0 amide bonds. The van der Waals surface area contributed by atoms with Crippen LogP contribution in [0.5, 0.6) is 0 Å². The Labute approximate surface area is 361 Å². The van der Waals surface area contributed by atoms with E-state index in [-0.39, 0.29) is 31.1 Å². The quantitative estimate of drug-likeness (QED) is 0.0346. The molecule has 0 aliphatic heterocycles. The van der Waals surface area contributed by atoms with E-state index in [2.05, 4.69) is 34.6 Å². The molecule has 0 radical (unpaired) electrons. The van der Waals surface area contributed by atoms with Gasteiger partial charge in [0.25, 0.3) is 0 Å². The van der Waals surface area contributed by atoms with Gasteiger partial charge in [-0.15, -0.1) is 0 Å². The number of hydrogen-bond donors (Lipinski definition) is 0. The van der Waals surface area contributed by atoms with Crippen molar-refractivity contribution in [1.82, 2.24) is 0 Å². The van der Waals surface area contributed by atoms with Crippen molar-refractivity contribution >= 4 is 17.9 Å². The van der Waals surface area contributed by atoms with Gasteiger partial charge in [0, 0.05) is 19.3 Å². The predicted molar refractivity (Wildman–Crippen MR) is 247 cm³/mol. The lowest BCUT2D eigenvalue weighted by Gasteiger charge is -2.18. The summed E-state index contributed by atoms with van der Waals surface area (Å²) < 4.78 is 16.8. The first kappa shape index (κ1) is 56.4. The number of unbranched alkanes of at least 4 members (excludes halogenated alkanes) is 30. The predicted octanol–water partition coefficient (Wildman–Crippen LogP) is 16.5. The van der Waals surface area contributed by atoms with Gasteiger partial charge < -0.3 is 14.2 Å². The fraction of sp³-hybridized carbons (Fsp3) is 0.942. The molecular formula is C52H100O6. The maximum atomic E-state index is 12.7. The summed E-state index contributed by atoms with van der Waals surface area (Å²) in [6.45, 7) is 11.4. The summed E-state index contributed by atoms with van der Waals surface area (Å²) in [7, 11) is 0. The molecule has 0 saturated carbocycles. The molecule has 0 N–H and O–H groups in total. The van der Waals surface area contributed by atoms with Crippen molar-refractivity contribution in [3.8, 4) is 0 Å². The van der Waals surface area contributed by atoms with Gasteiger partial charge in [0.2, 0.25) is 0 Å². The standard InChI is InChI=1S/C52H100O6/c1-6-8-9-10-11-12-19-23-26-32-37-42-50(53)56-45-49(58-52(55)44-39-34-29-28-31-36-41-48(5)7-2)46-57-51(54)43-38-33-27-24-21-18-16-14-13-15-17-20-22-25-30-35-40-47(3)4/h47-49H,6-46H2,1-5H3/t48?,49-/m0/s1. The summed E-state index contributed by atoms with van der Waals surface area (Å²) in [5.41, 5.74) is 0. The van der Waals surface area contributed by atoms with E-state index in [1.807, 2.05) is 0 Å². The monoisotopic (exact) mass is 821 g/mol. The van der Waals surface area contributed by atoms with E-state index in [1.54, 1.807) is 0 Å². The van der Waals surface area contributed by atoms with Gasteiger partial charge in [-0.2, -0.15) is 0 Å². The minimum atomic E-state index is -0.761. The highest BCUT2D eigenvalue weighted by atomic mass is 16.6. The van der Waals surface area contributed by atoms with Crippen molar-refractivity contribution in [2.45, 2.75) is 291 Å². The molecule has 0 aromatic heterocycles. The van der Waals surface area contributed by atoms with E-state index in [0.29, 0.717) is 19.3 Å². The van der Waals surface area contributed by atoms with Crippen molar-refractivity contribution in [2.24, 2.45) is 11.8 Å². The normalized spacial score (nSPS) is 12.5. The topological polar surface area (TPSA) is 78.9 Å². The Morgan fingerprint density at radius 3 is 0.983 bits per heavy atom. The van der Waals surface area contributed by atoms with Gasteiger partial charge >= 0.3 is 17.9 Å². The molecule has 6 nitrogen and oxygen atoms in total. The molecule has 0 rings (SSSR count). The molecule has 0 aliphatic carbocycles. The van der Waals surface area contributed by atoms with Crippen molar-refractivity contribution in [1.29, 1.82) is 0 Å². The number of ether oxygens (including phenoxy) is 3. The fourth-order valence-corrected chi connectivity index (χ4v) is 7.78. The van der Waals surface area contributed by atoms with Crippen LogP contribution in [0, 0.1) is 11.8 Å². The highest BCUT2D eigenvalue weighted by Gasteiger charge is 2.19. The van der Waals surface area contributed by atoms with Gasteiger partial charge in [-0.05, 0) is 31.1 Å². The fourth-order valence-electron chi connectivity index (χ4n) is 7.78. The van der Waals surface area contributed by atoms with Gasteiger partial charge in [0.1, 0.15) is 13.2 Å². The lowest BCUT2D eigenvalue weighted by molar-refractivity contribution is -0.167. The molecule has 6 heteroatoms. The Hall–Kier alpha value is -1.59. The van der Waals surface area contributed by atoms with Gasteiger partial charge in [-0.1, -0.05) is 247 Å². The molecule has 2 atom stereocenters. The Morgan fingerprint density at radius 2 is 0.655 bits per heavy atom. The largest absolute Gasteiger partial charge is 0.462 e.